The van der Waals surface area contributed by atoms with E-state index in [4.69, 9.17) is 9.47 Å². The molecule has 1 spiro atoms. The Morgan fingerprint density at radius 3 is 2.70 bits per heavy atom. The van der Waals surface area contributed by atoms with Crippen LogP contribution in [0.2, 0.25) is 0 Å². The minimum Gasteiger partial charge on any atom is -0.490 e. The Balaban J connectivity index is 1.30. The summed E-state index contributed by atoms with van der Waals surface area (Å²) < 4.78 is 34.0. The van der Waals surface area contributed by atoms with Crippen molar-refractivity contribution in [2.24, 2.45) is 22.1 Å². The summed E-state index contributed by atoms with van der Waals surface area (Å²) in [7, 11) is -1.77. The van der Waals surface area contributed by atoms with Crippen molar-refractivity contribution in [1.82, 2.24) is 14.7 Å². The first-order valence-electron chi connectivity index (χ1n) is 17.8. The van der Waals surface area contributed by atoms with Gasteiger partial charge in [0.15, 0.2) is 0 Å². The summed E-state index contributed by atoms with van der Waals surface area (Å²) >= 11 is 0. The van der Waals surface area contributed by atoms with Crippen LogP contribution in [0.15, 0.2) is 65.3 Å². The molecule has 1 aromatic heterocycles. The molecule has 264 valence electrons. The number of carbonyl (C=O) groups excluding carboxylic acids is 2. The second kappa shape index (κ2) is 13.9. The zero-order valence-electron chi connectivity index (χ0n) is 29.4. The highest BCUT2D eigenvalue weighted by Gasteiger charge is 2.44. The van der Waals surface area contributed by atoms with Crippen LogP contribution in [-0.2, 0) is 26.5 Å². The van der Waals surface area contributed by atoms with Gasteiger partial charge in [-0.05, 0) is 99.5 Å². The summed E-state index contributed by atoms with van der Waals surface area (Å²) in [5.74, 6) is 0.537. The molecule has 50 heavy (non-hydrogen) atoms. The Morgan fingerprint density at radius 2 is 1.94 bits per heavy atom. The number of benzene rings is 2. The van der Waals surface area contributed by atoms with Crippen LogP contribution >= 0.6 is 0 Å². The van der Waals surface area contributed by atoms with Gasteiger partial charge in [-0.2, -0.15) is 0 Å². The standard InChI is InChI=1S/C39H47N5O5S/c1-25-10-14-33-28(17-25)8-6-16-39(33)23-44-21-30-11-13-32(30)35(48-4)9-5-7-26(2)22-50(47,43-38(46)31-19-40-27(3)41-20-31)42-37(45)29-12-15-36(49-24-39)34(44)18-29/h5,9-10,12,14-15,17-20,26,30,32,35H,6-8,11,13,16,21-24H2,1-4H3,(H,42,43,45,46,47)/b9-5+/t26-,30-,32+,35-,39-,50?/m0/s1. The van der Waals surface area contributed by atoms with Crippen molar-refractivity contribution < 1.29 is 23.3 Å². The summed E-state index contributed by atoms with van der Waals surface area (Å²) in [5.41, 5.74) is 5.09. The second-order valence-electron chi connectivity index (χ2n) is 14.8. The number of aromatic nitrogens is 2. The third kappa shape index (κ3) is 6.94. The number of carbonyl (C=O) groups is 2. The molecule has 3 aromatic rings. The number of rotatable bonds is 3. The lowest BCUT2D eigenvalue weighted by Gasteiger charge is -2.46. The number of fused-ring (bicyclic) bond motifs is 4. The molecule has 2 aliphatic heterocycles. The minimum absolute atomic E-state index is 0.00712. The van der Waals surface area contributed by atoms with Crippen LogP contribution in [0.1, 0.15) is 82.3 Å². The largest absolute Gasteiger partial charge is 0.490 e. The monoisotopic (exact) mass is 697 g/mol. The number of allylic oxidation sites excluding steroid dienone is 1. The normalized spacial score (nSPS) is 30.1. The second-order valence-corrected chi connectivity index (χ2v) is 16.8. The highest BCUT2D eigenvalue weighted by Crippen LogP contribution is 2.47. The lowest BCUT2D eigenvalue weighted by molar-refractivity contribution is 0.0131. The van der Waals surface area contributed by atoms with Crippen LogP contribution < -0.4 is 14.4 Å². The summed E-state index contributed by atoms with van der Waals surface area (Å²) in [6, 6.07) is 12.2. The Morgan fingerprint density at radius 1 is 1.12 bits per heavy atom. The lowest BCUT2D eigenvalue weighted by atomic mass is 9.68. The van der Waals surface area contributed by atoms with Gasteiger partial charge in [0.25, 0.3) is 11.8 Å². The molecular formula is C39H47N5O5S. The summed E-state index contributed by atoms with van der Waals surface area (Å²) in [4.78, 5) is 37.8. The molecule has 2 amide bonds. The number of amides is 2. The van der Waals surface area contributed by atoms with Crippen LogP contribution in [0.3, 0.4) is 0 Å². The molecule has 1 N–H and O–H groups in total. The van der Waals surface area contributed by atoms with Crippen LogP contribution in [0, 0.1) is 31.6 Å². The van der Waals surface area contributed by atoms with E-state index >= 15 is 0 Å². The maximum Gasteiger partial charge on any atom is 0.286 e. The number of nitrogens with zero attached hydrogens (tertiary/aromatic N) is 4. The molecule has 0 saturated heterocycles. The van der Waals surface area contributed by atoms with Gasteiger partial charge in [-0.25, -0.2) is 14.2 Å². The first-order valence-corrected chi connectivity index (χ1v) is 19.4. The molecule has 6 atom stereocenters. The van der Waals surface area contributed by atoms with Crippen molar-refractivity contribution >= 4 is 27.4 Å². The Hall–Kier alpha value is -4.09. The molecule has 0 radical (unpaired) electrons. The van der Waals surface area contributed by atoms with E-state index in [-0.39, 0.29) is 28.8 Å². The topological polar surface area (TPSA) is 123 Å². The molecular weight excluding hydrogens is 651 g/mol. The predicted molar refractivity (Wildman–Crippen MR) is 194 cm³/mol. The molecule has 3 heterocycles. The Bertz CT molecular complexity index is 1940. The number of hydrogen-bond acceptors (Lipinski definition) is 8. The van der Waals surface area contributed by atoms with Crippen LogP contribution in [0.5, 0.6) is 5.75 Å². The highest BCUT2D eigenvalue weighted by atomic mass is 32.2. The van der Waals surface area contributed by atoms with Gasteiger partial charge in [-0.1, -0.05) is 42.8 Å². The third-order valence-electron chi connectivity index (χ3n) is 11.0. The smallest absolute Gasteiger partial charge is 0.286 e. The summed E-state index contributed by atoms with van der Waals surface area (Å²) in [6.45, 7) is 7.91. The van der Waals surface area contributed by atoms with Crippen molar-refractivity contribution in [1.29, 1.82) is 0 Å². The molecule has 11 heteroatoms. The van der Waals surface area contributed by atoms with Gasteiger partial charge in [-0.15, -0.1) is 4.36 Å². The highest BCUT2D eigenvalue weighted by molar-refractivity contribution is 7.92. The van der Waals surface area contributed by atoms with E-state index in [0.29, 0.717) is 36.3 Å². The lowest BCUT2D eigenvalue weighted by Crippen LogP contribution is -2.49. The molecule has 4 aliphatic rings. The molecule has 1 saturated carbocycles. The fourth-order valence-corrected chi connectivity index (χ4v) is 10.1. The number of methoxy groups -OCH3 is 1. The zero-order valence-corrected chi connectivity index (χ0v) is 30.2. The summed E-state index contributed by atoms with van der Waals surface area (Å²) in [5, 5.41) is 0. The fourth-order valence-electron chi connectivity index (χ4n) is 8.24. The van der Waals surface area contributed by atoms with Gasteiger partial charge in [0.05, 0.1) is 29.7 Å². The molecule has 1 unspecified atom stereocenters. The Kier molecular flexibility index (Phi) is 9.56. The summed E-state index contributed by atoms with van der Waals surface area (Å²) in [6.07, 6.45) is 12.8. The minimum atomic E-state index is -3.54. The molecule has 7 rings (SSSR count). The van der Waals surface area contributed by atoms with Crippen molar-refractivity contribution in [3.8, 4) is 5.75 Å². The number of anilines is 1. The van der Waals surface area contributed by atoms with Crippen molar-refractivity contribution in [3.63, 3.8) is 0 Å². The van der Waals surface area contributed by atoms with E-state index in [9.17, 15) is 13.8 Å². The number of aryl methyl sites for hydroxylation is 3. The number of hydrogen-bond donors (Lipinski definition) is 1. The quantitative estimate of drug-likeness (QED) is 0.323. The predicted octanol–water partition coefficient (Wildman–Crippen LogP) is 6.16. The number of ether oxygens (including phenoxy) is 2. The molecule has 2 bridgehead atoms. The first-order chi connectivity index (χ1) is 24.0. The van der Waals surface area contributed by atoms with Gasteiger partial charge in [0.2, 0.25) is 0 Å². The van der Waals surface area contributed by atoms with E-state index in [2.05, 4.69) is 61.2 Å². The SMILES string of the molecule is CO[C@H]1/C=C/C[C@H](C)CS(=O)(NC(=O)c2cnc(C)nc2)=NC(=O)c2ccc3c(c2)N(C[C@@H]2CC[C@H]21)C[C@@]1(CCCc2cc(C)ccc21)CO3. The van der Waals surface area contributed by atoms with E-state index < -0.39 is 21.7 Å². The zero-order chi connectivity index (χ0) is 35.0. The van der Waals surface area contributed by atoms with Gasteiger partial charge < -0.3 is 14.4 Å². The van der Waals surface area contributed by atoms with Crippen LogP contribution in [0.4, 0.5) is 5.69 Å². The third-order valence-corrected chi connectivity index (χ3v) is 13.0. The first kappa shape index (κ1) is 34.4. The van der Waals surface area contributed by atoms with Gasteiger partial charge >= 0.3 is 0 Å². The van der Waals surface area contributed by atoms with E-state index in [1.54, 1.807) is 20.1 Å². The Labute approximate surface area is 295 Å². The van der Waals surface area contributed by atoms with Crippen LogP contribution in [0.25, 0.3) is 0 Å². The van der Waals surface area contributed by atoms with Crippen molar-refractivity contribution in [3.05, 3.63) is 94.6 Å². The van der Waals surface area contributed by atoms with Gasteiger partial charge in [0.1, 0.15) is 21.5 Å². The molecule has 2 aliphatic carbocycles. The van der Waals surface area contributed by atoms with E-state index in [0.717, 1.165) is 56.6 Å². The average Bonchev–Trinajstić information content (AvgIpc) is 3.22. The molecule has 2 aromatic carbocycles. The van der Waals surface area contributed by atoms with Crippen molar-refractivity contribution in [2.45, 2.75) is 70.8 Å². The van der Waals surface area contributed by atoms with Crippen LogP contribution in [-0.4, -0.2) is 64.7 Å². The maximum absolute atomic E-state index is 14.5. The van der Waals surface area contributed by atoms with E-state index in [1.807, 2.05) is 19.1 Å². The van der Waals surface area contributed by atoms with Gasteiger partial charge in [-0.3, -0.25) is 14.3 Å². The molecule has 1 fully saturated rings. The average molecular weight is 698 g/mol. The van der Waals surface area contributed by atoms with Gasteiger partial charge in [0, 0.05) is 43.6 Å². The molecule has 10 nitrogen and oxygen atoms in total. The maximum atomic E-state index is 14.5. The number of nitrogens with one attached hydrogen (secondary N) is 1. The van der Waals surface area contributed by atoms with Crippen molar-refractivity contribution in [2.75, 3.05) is 37.5 Å². The van der Waals surface area contributed by atoms with E-state index in [1.165, 1.54) is 29.1 Å². The fraction of sp³-hybridized carbons (Fsp3) is 0.487.